The Kier molecular flexibility index (Phi) is 18.4. The van der Waals surface area contributed by atoms with Crippen LogP contribution in [0.25, 0.3) is 0 Å². The van der Waals surface area contributed by atoms with Crippen molar-refractivity contribution in [1.82, 2.24) is 0 Å². The number of ether oxygens (including phenoxy) is 10. The van der Waals surface area contributed by atoms with Crippen LogP contribution in [0.3, 0.4) is 0 Å². The molecule has 1 N–H and O–H groups in total. The third kappa shape index (κ3) is 14.2. The van der Waals surface area contributed by atoms with Gasteiger partial charge in [0, 0.05) is 6.92 Å². The van der Waals surface area contributed by atoms with Gasteiger partial charge in [0.25, 0.3) is 0 Å². The lowest BCUT2D eigenvalue weighted by molar-refractivity contribution is -0.370. The lowest BCUT2D eigenvalue weighted by atomic mass is 9.95. The normalized spacial score (nSPS) is 24.9. The van der Waals surface area contributed by atoms with Crippen molar-refractivity contribution in [2.24, 2.45) is 0 Å². The summed E-state index contributed by atoms with van der Waals surface area (Å²) in [6.45, 7) is 2.60. The number of rotatable bonds is 23. The van der Waals surface area contributed by atoms with Gasteiger partial charge in [0.1, 0.15) is 42.7 Å². The Bertz CT molecular complexity index is 2330. The van der Waals surface area contributed by atoms with Crippen LogP contribution in [-0.4, -0.2) is 85.7 Å². The van der Waals surface area contributed by atoms with Crippen molar-refractivity contribution in [1.29, 1.82) is 0 Å². The molecule has 2 heterocycles. The SMILES string of the molecule is CC(=O)OC1C(OC2C(COCc3ccccc3)OC(O)C(OCc3ccccc3)C2OCc2ccccc2)OC(COCc2ccccc2)C(OCc2ccccc2)C1OCc1ccccc1. The predicted molar refractivity (Wildman–Crippen MR) is 252 cm³/mol. The smallest absolute Gasteiger partial charge is 0.303 e. The molecule has 8 rings (SSSR count). The van der Waals surface area contributed by atoms with Gasteiger partial charge >= 0.3 is 5.97 Å². The van der Waals surface area contributed by atoms with Crippen molar-refractivity contribution < 1.29 is 57.3 Å². The van der Waals surface area contributed by atoms with Gasteiger partial charge in [-0.1, -0.05) is 182 Å². The summed E-state index contributed by atoms with van der Waals surface area (Å²) in [6.07, 6.45) is -10.5. The summed E-state index contributed by atoms with van der Waals surface area (Å²) in [6, 6.07) is 58.5. The number of hydrogen-bond donors (Lipinski definition) is 1. The molecule has 12 nitrogen and oxygen atoms in total. The van der Waals surface area contributed by atoms with E-state index in [1.807, 2.05) is 182 Å². The third-order valence-electron chi connectivity index (χ3n) is 11.7. The molecule has 0 saturated carbocycles. The third-order valence-corrected chi connectivity index (χ3v) is 11.7. The molecule has 0 spiro atoms. The fraction of sp³-hybridized carbons (Fsp3) is 0.339. The van der Waals surface area contributed by atoms with E-state index in [9.17, 15) is 9.90 Å². The van der Waals surface area contributed by atoms with E-state index in [0.29, 0.717) is 6.61 Å². The number of aliphatic hydroxyl groups excluding tert-OH is 1. The molecule has 0 radical (unpaired) electrons. The van der Waals surface area contributed by atoms with Crippen molar-refractivity contribution in [3.05, 3.63) is 215 Å². The first-order chi connectivity index (χ1) is 33.5. The zero-order chi connectivity index (χ0) is 46.8. The van der Waals surface area contributed by atoms with Crippen LogP contribution in [-0.2, 0) is 91.8 Å². The van der Waals surface area contributed by atoms with E-state index in [4.69, 9.17) is 47.4 Å². The maximum Gasteiger partial charge on any atom is 0.303 e. The molecule has 2 aliphatic rings. The second kappa shape index (κ2) is 25.7. The molecule has 0 aliphatic carbocycles. The van der Waals surface area contributed by atoms with Crippen LogP contribution in [0.15, 0.2) is 182 Å². The number of esters is 1. The highest BCUT2D eigenvalue weighted by molar-refractivity contribution is 5.66. The zero-order valence-electron chi connectivity index (χ0n) is 38.2. The minimum atomic E-state index is -1.45. The first-order valence-corrected chi connectivity index (χ1v) is 23.1. The fourth-order valence-electron chi connectivity index (χ4n) is 8.35. The van der Waals surface area contributed by atoms with E-state index in [-0.39, 0.29) is 46.2 Å². The van der Waals surface area contributed by atoms with Crippen molar-refractivity contribution in [3.8, 4) is 0 Å². The summed E-state index contributed by atoms with van der Waals surface area (Å²) >= 11 is 0. The van der Waals surface area contributed by atoms with Crippen LogP contribution in [0, 0.1) is 0 Å². The first kappa shape index (κ1) is 48.8. The van der Waals surface area contributed by atoms with Gasteiger partial charge < -0.3 is 52.5 Å². The molecule has 0 aromatic heterocycles. The highest BCUT2D eigenvalue weighted by Gasteiger charge is 2.55. The molecule has 6 aromatic rings. The van der Waals surface area contributed by atoms with Gasteiger partial charge in [-0.3, -0.25) is 4.79 Å². The molecular weight excluding hydrogens is 865 g/mol. The first-order valence-electron chi connectivity index (χ1n) is 23.1. The molecule has 2 saturated heterocycles. The van der Waals surface area contributed by atoms with Crippen LogP contribution in [0.1, 0.15) is 40.3 Å². The molecule has 6 aromatic carbocycles. The lowest BCUT2D eigenvalue weighted by Crippen LogP contribution is -2.66. The summed E-state index contributed by atoms with van der Waals surface area (Å²) in [5.74, 6) is -0.583. The van der Waals surface area contributed by atoms with Crippen LogP contribution >= 0.6 is 0 Å². The highest BCUT2D eigenvalue weighted by Crippen LogP contribution is 2.36. The quantitative estimate of drug-likeness (QED) is 0.0619. The molecular formula is C56H60O12. The maximum absolute atomic E-state index is 13.3. The summed E-state index contributed by atoms with van der Waals surface area (Å²) in [4.78, 5) is 13.3. The Balaban J connectivity index is 1.16. The van der Waals surface area contributed by atoms with E-state index in [1.54, 1.807) is 0 Å². The van der Waals surface area contributed by atoms with Gasteiger partial charge in [-0.25, -0.2) is 0 Å². The number of aliphatic hydroxyl groups is 1. The Labute approximate surface area is 398 Å². The second-order valence-corrected chi connectivity index (χ2v) is 16.8. The minimum Gasteiger partial charge on any atom is -0.454 e. The highest BCUT2D eigenvalue weighted by atomic mass is 16.8. The summed E-state index contributed by atoms with van der Waals surface area (Å²) in [5, 5.41) is 11.8. The van der Waals surface area contributed by atoms with Crippen LogP contribution in [0.5, 0.6) is 0 Å². The molecule has 10 unspecified atom stereocenters. The molecule has 68 heavy (non-hydrogen) atoms. The molecule has 0 bridgehead atoms. The second-order valence-electron chi connectivity index (χ2n) is 16.8. The Morgan fingerprint density at radius 2 is 0.735 bits per heavy atom. The monoisotopic (exact) mass is 924 g/mol. The Hall–Kier alpha value is -5.61. The number of benzene rings is 6. The van der Waals surface area contributed by atoms with Crippen molar-refractivity contribution in [2.45, 2.75) is 108 Å². The largest absolute Gasteiger partial charge is 0.454 e. The van der Waals surface area contributed by atoms with Crippen molar-refractivity contribution >= 4 is 5.97 Å². The fourth-order valence-corrected chi connectivity index (χ4v) is 8.35. The molecule has 12 heteroatoms. The van der Waals surface area contributed by atoms with Gasteiger partial charge in [0.15, 0.2) is 18.7 Å². The van der Waals surface area contributed by atoms with E-state index in [2.05, 4.69) is 0 Å². The van der Waals surface area contributed by atoms with Gasteiger partial charge in [-0.05, 0) is 33.4 Å². The molecule has 10 atom stereocenters. The van der Waals surface area contributed by atoms with Gasteiger partial charge in [-0.15, -0.1) is 0 Å². The minimum absolute atomic E-state index is 0.0153. The van der Waals surface area contributed by atoms with Crippen LogP contribution < -0.4 is 0 Å². The Morgan fingerprint density at radius 1 is 0.412 bits per heavy atom. The van der Waals surface area contributed by atoms with E-state index >= 15 is 0 Å². The van der Waals surface area contributed by atoms with E-state index in [0.717, 1.165) is 33.4 Å². The number of carbonyl (C=O) groups is 1. The Morgan fingerprint density at radius 3 is 1.12 bits per heavy atom. The summed E-state index contributed by atoms with van der Waals surface area (Å²) in [7, 11) is 0. The van der Waals surface area contributed by atoms with E-state index in [1.165, 1.54) is 6.92 Å². The number of hydrogen-bond acceptors (Lipinski definition) is 12. The zero-order valence-corrected chi connectivity index (χ0v) is 38.2. The number of carbonyl (C=O) groups excluding carboxylic acids is 1. The molecule has 2 fully saturated rings. The van der Waals surface area contributed by atoms with Gasteiger partial charge in [0.05, 0.1) is 52.9 Å². The van der Waals surface area contributed by atoms with Crippen LogP contribution in [0.4, 0.5) is 0 Å². The van der Waals surface area contributed by atoms with Crippen LogP contribution in [0.2, 0.25) is 0 Å². The van der Waals surface area contributed by atoms with Crippen molar-refractivity contribution in [2.75, 3.05) is 13.2 Å². The molecule has 2 aliphatic heterocycles. The molecule has 0 amide bonds. The maximum atomic E-state index is 13.3. The predicted octanol–water partition coefficient (Wildman–Crippen LogP) is 8.52. The topological polar surface area (TPSA) is 130 Å². The van der Waals surface area contributed by atoms with Gasteiger partial charge in [0.2, 0.25) is 0 Å². The van der Waals surface area contributed by atoms with Crippen molar-refractivity contribution in [3.63, 3.8) is 0 Å². The summed E-state index contributed by atoms with van der Waals surface area (Å²) < 4.78 is 66.4. The average molecular weight is 925 g/mol. The standard InChI is InChI=1S/C56H60O12/c1-40(57)65-54-51(62-35-44-26-14-5-15-27-44)49(61-34-43-24-12-4-13-25-43)47(38-59-32-41-20-8-2-9-21-41)67-56(54)68-50-48(39-60-33-42-22-10-3-11-23-42)66-55(58)53(64-37-46-30-18-7-19-31-46)52(50)63-36-45-28-16-6-17-29-45/h2-31,47-56,58H,32-39H2,1H3. The van der Waals surface area contributed by atoms with E-state index < -0.39 is 67.4 Å². The summed E-state index contributed by atoms with van der Waals surface area (Å²) in [5.41, 5.74) is 5.53. The van der Waals surface area contributed by atoms with Gasteiger partial charge in [-0.2, -0.15) is 0 Å². The lowest BCUT2D eigenvalue weighted by Gasteiger charge is -2.49. The molecule has 356 valence electrons. The average Bonchev–Trinajstić information content (AvgIpc) is 3.37.